The van der Waals surface area contributed by atoms with E-state index in [-0.39, 0.29) is 19.3 Å². The van der Waals surface area contributed by atoms with Gasteiger partial charge in [0.2, 0.25) is 6.79 Å². The van der Waals surface area contributed by atoms with E-state index >= 15 is 0 Å². The number of para-hydroxylation sites is 1. The van der Waals surface area contributed by atoms with Gasteiger partial charge in [0.15, 0.2) is 18.1 Å². The van der Waals surface area contributed by atoms with Crippen LogP contribution in [0.2, 0.25) is 0 Å². The molecule has 2 amide bonds. The number of anilines is 1. The summed E-state index contributed by atoms with van der Waals surface area (Å²) in [7, 11) is 0. The largest absolute Gasteiger partial charge is 0.454 e. The zero-order valence-corrected chi connectivity index (χ0v) is 16.2. The number of nitrogens with one attached hydrogen (secondary N) is 2. The summed E-state index contributed by atoms with van der Waals surface area (Å²) in [6, 6.07) is 12.1. The first-order valence-corrected chi connectivity index (χ1v) is 9.16. The molecule has 2 N–H and O–H groups in total. The Kier molecular flexibility index (Phi) is 6.33. The molecule has 2 aromatic rings. The first-order valence-electron chi connectivity index (χ1n) is 9.16. The molecule has 1 heterocycles. The summed E-state index contributed by atoms with van der Waals surface area (Å²) in [6.45, 7) is 3.35. The van der Waals surface area contributed by atoms with Gasteiger partial charge in [-0.15, -0.1) is 0 Å². The lowest BCUT2D eigenvalue weighted by molar-refractivity contribution is -0.146. The number of carbonyl (C=O) groups is 3. The minimum absolute atomic E-state index is 0.108. The Bertz CT molecular complexity index is 925. The van der Waals surface area contributed by atoms with Crippen LogP contribution in [0.4, 0.5) is 5.69 Å². The lowest BCUT2D eigenvalue weighted by Gasteiger charge is -2.13. The van der Waals surface area contributed by atoms with Crippen molar-refractivity contribution in [3.63, 3.8) is 0 Å². The van der Waals surface area contributed by atoms with Gasteiger partial charge in [-0.05, 0) is 35.7 Å². The minimum atomic E-state index is -0.716. The zero-order chi connectivity index (χ0) is 20.8. The van der Waals surface area contributed by atoms with Crippen LogP contribution in [0, 0.1) is 0 Å². The summed E-state index contributed by atoms with van der Waals surface area (Å²) < 4.78 is 15.3. The molecule has 0 spiro atoms. The Morgan fingerprint density at radius 3 is 2.62 bits per heavy atom. The maximum atomic E-state index is 12.1. The van der Waals surface area contributed by atoms with E-state index in [0.29, 0.717) is 22.7 Å². The number of esters is 1. The van der Waals surface area contributed by atoms with Crippen LogP contribution < -0.4 is 20.1 Å². The summed E-state index contributed by atoms with van der Waals surface area (Å²) >= 11 is 0. The third-order valence-corrected chi connectivity index (χ3v) is 4.25. The van der Waals surface area contributed by atoms with E-state index in [1.807, 2.05) is 32.0 Å². The van der Waals surface area contributed by atoms with E-state index in [4.69, 9.17) is 14.2 Å². The number of hydrogen-bond donors (Lipinski definition) is 2. The van der Waals surface area contributed by atoms with E-state index < -0.39 is 24.4 Å². The maximum Gasteiger partial charge on any atom is 0.325 e. The predicted octanol–water partition coefficient (Wildman–Crippen LogP) is 2.45. The Hall–Kier alpha value is -3.55. The third-order valence-electron chi connectivity index (χ3n) is 4.25. The van der Waals surface area contributed by atoms with Crippen molar-refractivity contribution in [3.05, 3.63) is 53.6 Å². The lowest BCUT2D eigenvalue weighted by Crippen LogP contribution is -2.32. The summed E-state index contributed by atoms with van der Waals surface area (Å²) in [5.74, 6) is -0.361. The molecule has 0 aromatic heterocycles. The Morgan fingerprint density at radius 1 is 1.07 bits per heavy atom. The molecule has 0 fully saturated rings. The van der Waals surface area contributed by atoms with Crippen LogP contribution in [0.3, 0.4) is 0 Å². The van der Waals surface area contributed by atoms with Gasteiger partial charge in [-0.3, -0.25) is 14.4 Å². The molecule has 0 unspecified atom stereocenters. The van der Waals surface area contributed by atoms with E-state index in [1.54, 1.807) is 18.2 Å². The molecule has 29 heavy (non-hydrogen) atoms. The number of rotatable bonds is 7. The number of carbonyl (C=O) groups excluding carboxylic acids is 3. The number of amides is 2. The van der Waals surface area contributed by atoms with Crippen molar-refractivity contribution in [2.45, 2.75) is 19.8 Å². The molecule has 0 aliphatic carbocycles. The number of fused-ring (bicyclic) bond motifs is 1. The van der Waals surface area contributed by atoms with Crippen molar-refractivity contribution in [2.75, 3.05) is 25.3 Å². The van der Waals surface area contributed by atoms with Gasteiger partial charge in [0.25, 0.3) is 11.8 Å². The van der Waals surface area contributed by atoms with Crippen molar-refractivity contribution >= 4 is 23.5 Å². The second-order valence-electron chi connectivity index (χ2n) is 6.70. The molecule has 0 bridgehead atoms. The number of hydrogen-bond acceptors (Lipinski definition) is 6. The highest BCUT2D eigenvalue weighted by Gasteiger charge is 2.17. The molecule has 1 aliphatic heterocycles. The van der Waals surface area contributed by atoms with Crippen molar-refractivity contribution in [2.24, 2.45) is 0 Å². The van der Waals surface area contributed by atoms with Crippen LogP contribution in [-0.4, -0.2) is 37.7 Å². The SMILES string of the molecule is CC(C)c1ccccc1NC(=O)COC(=O)CNC(=O)c1ccc2c(c1)OCO2. The van der Waals surface area contributed by atoms with Crippen molar-refractivity contribution in [1.82, 2.24) is 5.32 Å². The van der Waals surface area contributed by atoms with Gasteiger partial charge < -0.3 is 24.8 Å². The highest BCUT2D eigenvalue weighted by atomic mass is 16.7. The Morgan fingerprint density at radius 2 is 1.83 bits per heavy atom. The van der Waals surface area contributed by atoms with Crippen LogP contribution in [0.1, 0.15) is 35.7 Å². The first kappa shape index (κ1) is 20.2. The monoisotopic (exact) mass is 398 g/mol. The van der Waals surface area contributed by atoms with E-state index in [1.165, 1.54) is 6.07 Å². The van der Waals surface area contributed by atoms with Gasteiger partial charge in [0, 0.05) is 11.3 Å². The Balaban J connectivity index is 1.44. The van der Waals surface area contributed by atoms with Crippen molar-refractivity contribution < 1.29 is 28.6 Å². The van der Waals surface area contributed by atoms with Gasteiger partial charge in [-0.2, -0.15) is 0 Å². The molecular weight excluding hydrogens is 376 g/mol. The number of benzene rings is 2. The molecule has 0 saturated carbocycles. The van der Waals surface area contributed by atoms with Crippen LogP contribution in [0.15, 0.2) is 42.5 Å². The van der Waals surface area contributed by atoms with Gasteiger partial charge >= 0.3 is 5.97 Å². The molecule has 0 atom stereocenters. The van der Waals surface area contributed by atoms with Crippen LogP contribution in [-0.2, 0) is 14.3 Å². The van der Waals surface area contributed by atoms with E-state index in [9.17, 15) is 14.4 Å². The molecule has 3 rings (SSSR count). The fraction of sp³-hybridized carbons (Fsp3) is 0.286. The topological polar surface area (TPSA) is 103 Å². The summed E-state index contributed by atoms with van der Waals surface area (Å²) in [5.41, 5.74) is 1.99. The molecular formula is C21H22N2O6. The molecule has 8 heteroatoms. The molecule has 8 nitrogen and oxygen atoms in total. The summed E-state index contributed by atoms with van der Waals surface area (Å²) in [4.78, 5) is 36.0. The predicted molar refractivity (Wildman–Crippen MR) is 105 cm³/mol. The fourth-order valence-electron chi connectivity index (χ4n) is 2.79. The second kappa shape index (κ2) is 9.09. The zero-order valence-electron chi connectivity index (χ0n) is 16.2. The highest BCUT2D eigenvalue weighted by Crippen LogP contribution is 2.32. The maximum absolute atomic E-state index is 12.1. The molecule has 0 saturated heterocycles. The quantitative estimate of drug-likeness (QED) is 0.695. The average molecular weight is 398 g/mol. The standard InChI is InChI=1S/C21H22N2O6/c1-13(2)15-5-3-4-6-16(15)23-19(24)11-27-20(25)10-22-21(26)14-7-8-17-18(9-14)29-12-28-17/h3-9,13H,10-12H2,1-2H3,(H,22,26)(H,23,24). The van der Waals surface area contributed by atoms with Gasteiger partial charge in [0.1, 0.15) is 6.54 Å². The van der Waals surface area contributed by atoms with Gasteiger partial charge in [0.05, 0.1) is 0 Å². The van der Waals surface area contributed by atoms with E-state index in [0.717, 1.165) is 5.56 Å². The molecule has 152 valence electrons. The van der Waals surface area contributed by atoms with Crippen LogP contribution in [0.5, 0.6) is 11.5 Å². The highest BCUT2D eigenvalue weighted by molar-refractivity contribution is 5.97. The van der Waals surface area contributed by atoms with Crippen molar-refractivity contribution in [3.8, 4) is 11.5 Å². The Labute approximate surface area is 168 Å². The van der Waals surface area contributed by atoms with Crippen molar-refractivity contribution in [1.29, 1.82) is 0 Å². The van der Waals surface area contributed by atoms with Gasteiger partial charge in [-0.25, -0.2) is 0 Å². The third kappa shape index (κ3) is 5.25. The molecule has 2 aromatic carbocycles. The fourth-order valence-corrected chi connectivity index (χ4v) is 2.79. The minimum Gasteiger partial charge on any atom is -0.454 e. The average Bonchev–Trinajstić information content (AvgIpc) is 3.18. The summed E-state index contributed by atoms with van der Waals surface area (Å²) in [5, 5.41) is 5.18. The molecule has 0 radical (unpaired) electrons. The van der Waals surface area contributed by atoms with Crippen LogP contribution >= 0.6 is 0 Å². The second-order valence-corrected chi connectivity index (χ2v) is 6.70. The normalized spacial score (nSPS) is 11.8. The smallest absolute Gasteiger partial charge is 0.325 e. The van der Waals surface area contributed by atoms with Crippen LogP contribution in [0.25, 0.3) is 0 Å². The first-order chi connectivity index (χ1) is 13.9. The number of ether oxygens (including phenoxy) is 3. The summed E-state index contributed by atoms with van der Waals surface area (Å²) in [6.07, 6.45) is 0. The van der Waals surface area contributed by atoms with Gasteiger partial charge in [-0.1, -0.05) is 32.0 Å². The molecule has 1 aliphatic rings. The lowest BCUT2D eigenvalue weighted by atomic mass is 10.0. The van der Waals surface area contributed by atoms with E-state index in [2.05, 4.69) is 10.6 Å².